The zero-order valence-corrected chi connectivity index (χ0v) is 9.06. The largest absolute Gasteiger partial charge is 2.00 e. The second-order valence-electron chi connectivity index (χ2n) is 1.81. The summed E-state index contributed by atoms with van der Waals surface area (Å²) >= 11 is 0. The van der Waals surface area contributed by atoms with Gasteiger partial charge in [-0.25, -0.2) is 0 Å². The Morgan fingerprint density at radius 2 is 1.11 bits per heavy atom. The summed E-state index contributed by atoms with van der Waals surface area (Å²) in [4.78, 5) is 0. The third-order valence-corrected chi connectivity index (χ3v) is 4.50. The summed E-state index contributed by atoms with van der Waals surface area (Å²) in [5.74, 6) is 0. The minimum absolute atomic E-state index is 0. The van der Waals surface area contributed by atoms with E-state index in [1.165, 1.54) is 18.1 Å². The van der Waals surface area contributed by atoms with E-state index in [9.17, 15) is 0 Å². The van der Waals surface area contributed by atoms with Crippen LogP contribution in [0, 0.1) is 0 Å². The van der Waals surface area contributed by atoms with Gasteiger partial charge in [-0.2, -0.15) is 0 Å². The quantitative estimate of drug-likeness (QED) is 0.552. The first-order valence-electron chi connectivity index (χ1n) is 3.18. The van der Waals surface area contributed by atoms with E-state index in [1.54, 1.807) is 0 Å². The second-order valence-corrected chi connectivity index (χ2v) is 5.43. The molecule has 3 heteroatoms. The molecule has 0 N–H and O–H groups in total. The molecule has 0 aliphatic carbocycles. The third-order valence-electron chi connectivity index (χ3n) is 1.50. The van der Waals surface area contributed by atoms with Crippen LogP contribution in [0.3, 0.4) is 0 Å². The Kier molecular flexibility index (Phi) is 21.6. The molecular weight excluding hydrogens is 194 g/mol. The second kappa shape index (κ2) is 11.8. The molecule has 9 heavy (non-hydrogen) atoms. The van der Waals surface area contributed by atoms with Crippen LogP contribution in [-0.4, -0.2) is 8.80 Å². The van der Waals surface area contributed by atoms with Crippen molar-refractivity contribution < 1.29 is 28.9 Å². The standard InChI is InChI=1S/C6H15Si.ClH.Ni/c1-4-7(5-2)6-3;;/h4-6H2,1-3H3;1H;/q;;+2/p-1. The van der Waals surface area contributed by atoms with Crippen LogP contribution in [0.25, 0.3) is 0 Å². The zero-order valence-electron chi connectivity index (χ0n) is 6.32. The molecular formula is C6H15ClNiSi+. The van der Waals surface area contributed by atoms with Crippen molar-refractivity contribution in [3.8, 4) is 0 Å². The van der Waals surface area contributed by atoms with E-state index in [1.807, 2.05) is 0 Å². The smallest absolute Gasteiger partial charge is 1.00 e. The predicted molar refractivity (Wildman–Crippen MR) is 37.2 cm³/mol. The van der Waals surface area contributed by atoms with Gasteiger partial charge in [0.2, 0.25) is 0 Å². The monoisotopic (exact) mass is 208 g/mol. The van der Waals surface area contributed by atoms with Gasteiger partial charge in [0.15, 0.2) is 0 Å². The van der Waals surface area contributed by atoms with Crippen molar-refractivity contribution in [3.05, 3.63) is 0 Å². The molecule has 0 aromatic rings. The fourth-order valence-electron chi connectivity index (χ4n) is 0.750. The van der Waals surface area contributed by atoms with E-state index >= 15 is 0 Å². The molecule has 0 heterocycles. The Morgan fingerprint density at radius 1 is 0.889 bits per heavy atom. The summed E-state index contributed by atoms with van der Waals surface area (Å²) in [6.45, 7) is 6.92. The molecule has 59 valence electrons. The van der Waals surface area contributed by atoms with Gasteiger partial charge >= 0.3 is 16.5 Å². The predicted octanol–water partition coefficient (Wildman–Crippen LogP) is -0.458. The molecule has 0 aliphatic rings. The van der Waals surface area contributed by atoms with E-state index < -0.39 is 0 Å². The first-order chi connectivity index (χ1) is 3.35. The van der Waals surface area contributed by atoms with Crippen molar-refractivity contribution in [2.45, 2.75) is 38.9 Å². The molecule has 0 aromatic carbocycles. The Morgan fingerprint density at radius 3 is 1.11 bits per heavy atom. The third kappa shape index (κ3) is 9.00. The van der Waals surface area contributed by atoms with Gasteiger partial charge in [0, 0.05) is 8.80 Å². The minimum atomic E-state index is 0. The summed E-state index contributed by atoms with van der Waals surface area (Å²) in [5, 5.41) is 0. The van der Waals surface area contributed by atoms with Gasteiger partial charge in [0.1, 0.15) is 0 Å². The van der Waals surface area contributed by atoms with Gasteiger partial charge in [0.25, 0.3) is 0 Å². The Balaban J connectivity index is -0.000000180. The normalized spacial score (nSPS) is 8.00. The van der Waals surface area contributed by atoms with Crippen molar-refractivity contribution in [1.82, 2.24) is 0 Å². The van der Waals surface area contributed by atoms with Crippen molar-refractivity contribution in [2.75, 3.05) is 0 Å². The summed E-state index contributed by atoms with van der Waals surface area (Å²) in [6.07, 6.45) is 0. The van der Waals surface area contributed by atoms with E-state index in [0.29, 0.717) is 0 Å². The van der Waals surface area contributed by atoms with Gasteiger partial charge in [-0.3, -0.25) is 0 Å². The molecule has 0 unspecified atom stereocenters. The van der Waals surface area contributed by atoms with Crippen LogP contribution in [0.2, 0.25) is 18.1 Å². The Bertz CT molecular complexity index is 34.5. The molecule has 0 aliphatic heterocycles. The maximum atomic E-state index is 2.31. The van der Waals surface area contributed by atoms with Gasteiger partial charge in [0.05, 0.1) is 0 Å². The molecule has 0 amide bonds. The van der Waals surface area contributed by atoms with Gasteiger partial charge < -0.3 is 12.4 Å². The summed E-state index contributed by atoms with van der Waals surface area (Å²) in [5.41, 5.74) is 0. The van der Waals surface area contributed by atoms with Crippen LogP contribution in [0.4, 0.5) is 0 Å². The molecule has 0 fully saturated rings. The molecule has 0 spiro atoms. The molecule has 0 rings (SSSR count). The van der Waals surface area contributed by atoms with Gasteiger partial charge in [-0.05, 0) is 0 Å². The zero-order chi connectivity index (χ0) is 5.70. The van der Waals surface area contributed by atoms with Crippen LogP contribution in [-0.2, 0) is 16.5 Å². The van der Waals surface area contributed by atoms with Crippen LogP contribution in [0.1, 0.15) is 20.8 Å². The summed E-state index contributed by atoms with van der Waals surface area (Å²) < 4.78 is 0. The average Bonchev–Trinajstić information content (AvgIpc) is 1.72. The number of hydrogen-bond donors (Lipinski definition) is 0. The van der Waals surface area contributed by atoms with Gasteiger partial charge in [-0.15, -0.1) is 0 Å². The van der Waals surface area contributed by atoms with Crippen LogP contribution < -0.4 is 12.4 Å². The molecule has 0 saturated heterocycles. The molecule has 0 bridgehead atoms. The van der Waals surface area contributed by atoms with Crippen LogP contribution in [0.15, 0.2) is 0 Å². The maximum Gasteiger partial charge on any atom is 2.00 e. The topological polar surface area (TPSA) is 0 Å². The van der Waals surface area contributed by atoms with E-state index in [4.69, 9.17) is 0 Å². The molecule has 0 saturated carbocycles. The number of rotatable bonds is 3. The van der Waals surface area contributed by atoms with Crippen molar-refractivity contribution in [2.24, 2.45) is 0 Å². The van der Waals surface area contributed by atoms with Crippen LogP contribution in [0.5, 0.6) is 0 Å². The average molecular weight is 209 g/mol. The SMILES string of the molecule is CC[Si](CC)CC.[Cl-].[Ni+2]. The number of hydrogen-bond acceptors (Lipinski definition) is 0. The van der Waals surface area contributed by atoms with E-state index in [0.717, 1.165) is 0 Å². The summed E-state index contributed by atoms with van der Waals surface area (Å²) in [7, 11) is 0.137. The minimum Gasteiger partial charge on any atom is -1.00 e. The maximum absolute atomic E-state index is 2.31. The number of halogens is 1. The van der Waals surface area contributed by atoms with Gasteiger partial charge in [-0.1, -0.05) is 38.9 Å². The molecule has 0 aromatic heterocycles. The Hall–Kier alpha value is 1.00. The van der Waals surface area contributed by atoms with E-state index in [2.05, 4.69) is 20.8 Å². The fourth-order valence-corrected chi connectivity index (χ4v) is 2.25. The van der Waals surface area contributed by atoms with Crippen molar-refractivity contribution >= 4 is 8.80 Å². The van der Waals surface area contributed by atoms with Crippen LogP contribution >= 0.6 is 0 Å². The van der Waals surface area contributed by atoms with E-state index in [-0.39, 0.29) is 37.7 Å². The first kappa shape index (κ1) is 16.5. The molecule has 1 radical (unpaired) electrons. The van der Waals surface area contributed by atoms with Crippen molar-refractivity contribution in [1.29, 1.82) is 0 Å². The molecule has 0 nitrogen and oxygen atoms in total. The first-order valence-corrected chi connectivity index (χ1v) is 5.30. The summed E-state index contributed by atoms with van der Waals surface area (Å²) in [6, 6.07) is 4.37. The Labute approximate surface area is 76.7 Å². The fraction of sp³-hybridized carbons (Fsp3) is 1.00. The van der Waals surface area contributed by atoms with Crippen molar-refractivity contribution in [3.63, 3.8) is 0 Å². The molecule has 0 atom stereocenters.